The van der Waals surface area contributed by atoms with Gasteiger partial charge in [-0.05, 0) is 68.1 Å². The van der Waals surface area contributed by atoms with E-state index in [-0.39, 0.29) is 0 Å². The summed E-state index contributed by atoms with van der Waals surface area (Å²) in [6.45, 7) is 7.37. The summed E-state index contributed by atoms with van der Waals surface area (Å²) in [5.74, 6) is 0. The maximum Gasteiger partial charge on any atom is 0.0991 e. The summed E-state index contributed by atoms with van der Waals surface area (Å²) in [6, 6.07) is 19.1. The van der Waals surface area contributed by atoms with Crippen LogP contribution in [-0.2, 0) is 17.7 Å². The Labute approximate surface area is 191 Å². The minimum absolute atomic E-state index is 0.740. The number of nitrogens with zero attached hydrogens (tertiary/aromatic N) is 4. The maximum atomic E-state index is 9.34. The van der Waals surface area contributed by atoms with E-state index in [2.05, 4.69) is 69.1 Å². The second kappa shape index (κ2) is 11.2. The molecule has 1 aliphatic heterocycles. The number of rotatable bonds is 10. The Morgan fingerprint density at radius 1 is 0.938 bits per heavy atom. The van der Waals surface area contributed by atoms with Gasteiger partial charge in [-0.1, -0.05) is 18.2 Å². The third-order valence-corrected chi connectivity index (χ3v) is 6.50. The van der Waals surface area contributed by atoms with Crippen molar-refractivity contribution in [1.29, 1.82) is 5.26 Å². The molecule has 32 heavy (non-hydrogen) atoms. The normalized spacial score (nSPS) is 14.7. The lowest BCUT2D eigenvalue weighted by molar-refractivity contribution is 0.190. The Morgan fingerprint density at radius 3 is 2.50 bits per heavy atom. The van der Waals surface area contributed by atoms with Gasteiger partial charge in [-0.25, -0.2) is 0 Å². The van der Waals surface area contributed by atoms with Crippen molar-refractivity contribution in [2.45, 2.75) is 32.2 Å². The summed E-state index contributed by atoms with van der Waals surface area (Å²) in [5, 5.41) is 10.6. The zero-order chi connectivity index (χ0) is 22.2. The van der Waals surface area contributed by atoms with E-state index in [0.29, 0.717) is 0 Å². The first-order valence-corrected chi connectivity index (χ1v) is 11.8. The average molecular weight is 431 g/mol. The van der Waals surface area contributed by atoms with E-state index >= 15 is 0 Å². The van der Waals surface area contributed by atoms with Crippen LogP contribution in [0, 0.1) is 11.3 Å². The molecule has 0 spiro atoms. The second-order valence-electron chi connectivity index (χ2n) is 8.66. The molecule has 5 heteroatoms. The first-order chi connectivity index (χ1) is 15.8. The van der Waals surface area contributed by atoms with Gasteiger partial charge in [-0.2, -0.15) is 5.26 Å². The molecule has 0 amide bonds. The number of aromatic nitrogens is 1. The fraction of sp³-hybridized carbons (Fsp3) is 0.444. The van der Waals surface area contributed by atoms with Crippen molar-refractivity contribution in [2.75, 3.05) is 51.3 Å². The Bertz CT molecular complexity index is 1030. The molecule has 168 valence electrons. The quantitative estimate of drug-likeness (QED) is 0.438. The largest absolute Gasteiger partial charge is 0.385 e. The zero-order valence-electron chi connectivity index (χ0n) is 19.2. The highest BCUT2D eigenvalue weighted by atomic mass is 16.5. The Kier molecular flexibility index (Phi) is 7.82. The van der Waals surface area contributed by atoms with Crippen LogP contribution in [0.3, 0.4) is 0 Å². The minimum atomic E-state index is 0.740. The number of nitriles is 1. The Hall–Kier alpha value is -2.81. The van der Waals surface area contributed by atoms with Crippen molar-refractivity contribution < 1.29 is 4.74 Å². The van der Waals surface area contributed by atoms with Crippen molar-refractivity contribution >= 4 is 16.6 Å². The molecule has 0 N–H and O–H groups in total. The molecule has 0 unspecified atom stereocenters. The van der Waals surface area contributed by atoms with Crippen LogP contribution in [0.5, 0.6) is 0 Å². The number of aryl methyl sites for hydroxylation is 2. The molecule has 2 aromatic carbocycles. The lowest BCUT2D eigenvalue weighted by atomic mass is 10.0. The van der Waals surface area contributed by atoms with Crippen LogP contribution in [0.4, 0.5) is 5.69 Å². The summed E-state index contributed by atoms with van der Waals surface area (Å²) in [5.41, 5.74) is 4.67. The molecule has 1 saturated heterocycles. The van der Waals surface area contributed by atoms with E-state index in [1.807, 2.05) is 6.07 Å². The molecule has 1 aliphatic rings. The van der Waals surface area contributed by atoms with Crippen LogP contribution in [0.2, 0.25) is 0 Å². The summed E-state index contributed by atoms with van der Waals surface area (Å²) >= 11 is 0. The first-order valence-electron chi connectivity index (χ1n) is 11.8. The predicted octanol–water partition coefficient (Wildman–Crippen LogP) is 4.69. The third kappa shape index (κ3) is 5.51. The van der Waals surface area contributed by atoms with Gasteiger partial charge in [0.2, 0.25) is 0 Å². The van der Waals surface area contributed by atoms with Gasteiger partial charge in [-0.15, -0.1) is 0 Å². The van der Waals surface area contributed by atoms with E-state index in [0.717, 1.165) is 57.7 Å². The summed E-state index contributed by atoms with van der Waals surface area (Å²) in [7, 11) is 1.75. The average Bonchev–Trinajstić information content (AvgIpc) is 3.19. The van der Waals surface area contributed by atoms with Gasteiger partial charge in [0.15, 0.2) is 0 Å². The predicted molar refractivity (Wildman–Crippen MR) is 131 cm³/mol. The molecule has 0 bridgehead atoms. The third-order valence-electron chi connectivity index (χ3n) is 6.50. The number of anilines is 1. The standard InChI is InChI=1S/C27H34N4O/c1-32-19-7-14-31-22-24(26-20-23(21-28)11-12-27(26)31)8-5-6-13-29-15-17-30(18-16-29)25-9-3-2-4-10-25/h2-4,9-12,20,22H,5-8,13-19H2,1H3. The van der Waals surface area contributed by atoms with Gasteiger partial charge < -0.3 is 14.2 Å². The van der Waals surface area contributed by atoms with Gasteiger partial charge >= 0.3 is 0 Å². The van der Waals surface area contributed by atoms with E-state index in [4.69, 9.17) is 4.74 Å². The van der Waals surface area contributed by atoms with Crippen LogP contribution in [0.25, 0.3) is 10.9 Å². The lowest BCUT2D eigenvalue weighted by Crippen LogP contribution is -2.46. The van der Waals surface area contributed by atoms with Gasteiger partial charge in [0.1, 0.15) is 0 Å². The van der Waals surface area contributed by atoms with E-state index < -0.39 is 0 Å². The topological polar surface area (TPSA) is 44.4 Å². The molecular formula is C27H34N4O. The fourth-order valence-electron chi connectivity index (χ4n) is 4.72. The van der Waals surface area contributed by atoms with Gasteiger partial charge in [0, 0.05) is 69.2 Å². The number of fused-ring (bicyclic) bond motifs is 1. The highest BCUT2D eigenvalue weighted by Gasteiger charge is 2.16. The number of hydrogen-bond donors (Lipinski definition) is 0. The van der Waals surface area contributed by atoms with Crippen molar-refractivity contribution in [3.05, 3.63) is 65.9 Å². The van der Waals surface area contributed by atoms with Crippen molar-refractivity contribution in [3.8, 4) is 6.07 Å². The number of piperazine rings is 1. The van der Waals surface area contributed by atoms with Crippen LogP contribution >= 0.6 is 0 Å². The highest BCUT2D eigenvalue weighted by Crippen LogP contribution is 2.25. The molecule has 1 fully saturated rings. The molecule has 3 aromatic rings. The van der Waals surface area contributed by atoms with Gasteiger partial charge in [0.25, 0.3) is 0 Å². The summed E-state index contributed by atoms with van der Waals surface area (Å²) in [6.07, 6.45) is 6.73. The first kappa shape index (κ1) is 22.4. The Balaban J connectivity index is 1.29. The SMILES string of the molecule is COCCCn1cc(CCCCN2CCN(c3ccccc3)CC2)c2cc(C#N)ccc21. The van der Waals surface area contributed by atoms with E-state index in [1.165, 1.54) is 41.5 Å². The fourth-order valence-corrected chi connectivity index (χ4v) is 4.72. The molecular weight excluding hydrogens is 396 g/mol. The minimum Gasteiger partial charge on any atom is -0.385 e. The molecule has 4 rings (SSSR count). The number of ether oxygens (including phenoxy) is 1. The van der Waals surface area contributed by atoms with Crippen LogP contribution in [0.1, 0.15) is 30.4 Å². The smallest absolute Gasteiger partial charge is 0.0991 e. The number of methoxy groups -OCH3 is 1. The molecule has 5 nitrogen and oxygen atoms in total. The number of para-hydroxylation sites is 1. The monoisotopic (exact) mass is 430 g/mol. The van der Waals surface area contributed by atoms with Crippen molar-refractivity contribution in [1.82, 2.24) is 9.47 Å². The molecule has 0 saturated carbocycles. The zero-order valence-corrected chi connectivity index (χ0v) is 19.2. The molecule has 2 heterocycles. The van der Waals surface area contributed by atoms with E-state index in [9.17, 15) is 5.26 Å². The van der Waals surface area contributed by atoms with Crippen LogP contribution in [0.15, 0.2) is 54.7 Å². The maximum absolute atomic E-state index is 9.34. The highest BCUT2D eigenvalue weighted by molar-refractivity contribution is 5.85. The van der Waals surface area contributed by atoms with Crippen LogP contribution < -0.4 is 4.90 Å². The summed E-state index contributed by atoms with van der Waals surface area (Å²) in [4.78, 5) is 5.09. The summed E-state index contributed by atoms with van der Waals surface area (Å²) < 4.78 is 7.55. The van der Waals surface area contributed by atoms with Crippen LogP contribution in [-0.4, -0.2) is 55.9 Å². The lowest BCUT2D eigenvalue weighted by Gasteiger charge is -2.36. The van der Waals surface area contributed by atoms with Gasteiger partial charge in [0.05, 0.1) is 11.6 Å². The van der Waals surface area contributed by atoms with Gasteiger partial charge in [-0.3, -0.25) is 4.90 Å². The van der Waals surface area contributed by atoms with Crippen molar-refractivity contribution in [2.24, 2.45) is 0 Å². The molecule has 0 aliphatic carbocycles. The second-order valence-corrected chi connectivity index (χ2v) is 8.66. The molecule has 1 aromatic heterocycles. The Morgan fingerprint density at radius 2 is 1.75 bits per heavy atom. The molecule has 0 atom stereocenters. The number of hydrogen-bond acceptors (Lipinski definition) is 4. The number of benzene rings is 2. The molecule has 0 radical (unpaired) electrons. The van der Waals surface area contributed by atoms with E-state index in [1.54, 1.807) is 7.11 Å². The number of unbranched alkanes of at least 4 members (excludes halogenated alkanes) is 1. The van der Waals surface area contributed by atoms with Crippen molar-refractivity contribution in [3.63, 3.8) is 0 Å².